The Kier molecular flexibility index (Phi) is 4.10. The van der Waals surface area contributed by atoms with Gasteiger partial charge in [0.05, 0.1) is 5.02 Å². The Hall–Kier alpha value is -1.97. The van der Waals surface area contributed by atoms with Crippen molar-refractivity contribution in [3.05, 3.63) is 29.4 Å². The quantitative estimate of drug-likeness (QED) is 0.365. The Morgan fingerprint density at radius 1 is 1.63 bits per heavy atom. The topological polar surface area (TPSA) is 81.3 Å². The summed E-state index contributed by atoms with van der Waals surface area (Å²) in [5.74, 6) is -0.0636. The molecule has 0 aliphatic rings. The van der Waals surface area contributed by atoms with Crippen LogP contribution in [0.25, 0.3) is 10.9 Å². The second-order valence-electron chi connectivity index (χ2n) is 3.48. The van der Waals surface area contributed by atoms with E-state index < -0.39 is 0 Å². The third-order valence-corrected chi connectivity index (χ3v) is 3.27. The maximum atomic E-state index is 10.1. The highest BCUT2D eigenvalue weighted by atomic mass is 35.5. The molecule has 2 N–H and O–H groups in total. The van der Waals surface area contributed by atoms with Crippen molar-refractivity contribution in [3.63, 3.8) is 0 Å². The SMILES string of the molecule is CSC(=Nc1cc(Cl)c2cccnc2c1O)NC#N. The standard InChI is InChI=1S/C12H9ClN4OS/c1-19-12(16-6-14)17-9-5-8(13)7-3-2-4-15-10(7)11(9)18/h2-5,18H,1H3,(H,16,17). The molecule has 0 spiro atoms. The van der Waals surface area contributed by atoms with Crippen molar-refractivity contribution in [1.29, 1.82) is 5.26 Å². The molecule has 0 radical (unpaired) electrons. The minimum Gasteiger partial charge on any atom is -0.504 e. The van der Waals surface area contributed by atoms with Gasteiger partial charge in [0.2, 0.25) is 0 Å². The van der Waals surface area contributed by atoms with Gasteiger partial charge in [-0.2, -0.15) is 5.26 Å². The normalized spacial score (nSPS) is 11.3. The van der Waals surface area contributed by atoms with Crippen LogP contribution in [0.15, 0.2) is 29.4 Å². The second-order valence-corrected chi connectivity index (χ2v) is 4.69. The fraction of sp³-hybridized carbons (Fsp3) is 0.0833. The van der Waals surface area contributed by atoms with Crippen LogP contribution in [-0.2, 0) is 0 Å². The third-order valence-electron chi connectivity index (χ3n) is 2.37. The minimum atomic E-state index is -0.0636. The summed E-state index contributed by atoms with van der Waals surface area (Å²) >= 11 is 7.38. The molecule has 1 heterocycles. The zero-order valence-electron chi connectivity index (χ0n) is 9.88. The van der Waals surface area contributed by atoms with Crippen LogP contribution < -0.4 is 5.32 Å². The molecule has 7 heteroatoms. The van der Waals surface area contributed by atoms with Crippen molar-refractivity contribution in [3.8, 4) is 11.9 Å². The number of hydrogen-bond donors (Lipinski definition) is 2. The van der Waals surface area contributed by atoms with Crippen LogP contribution in [0.5, 0.6) is 5.75 Å². The van der Waals surface area contributed by atoms with Crippen LogP contribution in [0.1, 0.15) is 0 Å². The monoisotopic (exact) mass is 292 g/mol. The molecular weight excluding hydrogens is 284 g/mol. The number of rotatable bonds is 1. The maximum absolute atomic E-state index is 10.1. The van der Waals surface area contributed by atoms with E-state index in [4.69, 9.17) is 16.9 Å². The molecule has 0 saturated heterocycles. The van der Waals surface area contributed by atoms with Gasteiger partial charge in [0.15, 0.2) is 17.1 Å². The molecule has 0 aliphatic carbocycles. The number of thioether (sulfide) groups is 1. The predicted molar refractivity (Wildman–Crippen MR) is 77.8 cm³/mol. The average molecular weight is 293 g/mol. The van der Waals surface area contributed by atoms with E-state index in [1.54, 1.807) is 30.8 Å². The average Bonchev–Trinajstić information content (AvgIpc) is 2.44. The van der Waals surface area contributed by atoms with Crippen molar-refractivity contribution >= 4 is 45.1 Å². The number of nitrogens with zero attached hydrogens (tertiary/aromatic N) is 3. The van der Waals surface area contributed by atoms with E-state index in [1.165, 1.54) is 17.8 Å². The summed E-state index contributed by atoms with van der Waals surface area (Å²) in [6.07, 6.45) is 5.11. The van der Waals surface area contributed by atoms with Gasteiger partial charge >= 0.3 is 0 Å². The zero-order valence-corrected chi connectivity index (χ0v) is 11.5. The maximum Gasteiger partial charge on any atom is 0.183 e. The van der Waals surface area contributed by atoms with Gasteiger partial charge in [-0.1, -0.05) is 23.4 Å². The van der Waals surface area contributed by atoms with E-state index in [1.807, 2.05) is 0 Å². The first-order chi connectivity index (χ1) is 9.17. The molecule has 0 saturated carbocycles. The smallest absolute Gasteiger partial charge is 0.183 e. The zero-order chi connectivity index (χ0) is 13.8. The van der Waals surface area contributed by atoms with Gasteiger partial charge in [-0.05, 0) is 24.5 Å². The molecule has 96 valence electrons. The summed E-state index contributed by atoms with van der Waals surface area (Å²) in [5.41, 5.74) is 0.648. The van der Waals surface area contributed by atoms with E-state index in [2.05, 4.69) is 15.3 Å². The van der Waals surface area contributed by atoms with E-state index >= 15 is 0 Å². The molecule has 0 bridgehead atoms. The number of amidine groups is 1. The summed E-state index contributed by atoms with van der Waals surface area (Å²) in [7, 11) is 0. The van der Waals surface area contributed by atoms with Crippen molar-refractivity contribution in [1.82, 2.24) is 10.3 Å². The Labute approximate surface area is 118 Å². The number of aliphatic imine (C=N–C) groups is 1. The number of phenolic OH excluding ortho intramolecular Hbond substituents is 1. The number of benzene rings is 1. The Balaban J connectivity index is 2.63. The lowest BCUT2D eigenvalue weighted by Crippen LogP contribution is -2.12. The number of pyridine rings is 1. The summed E-state index contributed by atoms with van der Waals surface area (Å²) in [6.45, 7) is 0. The molecule has 0 fully saturated rings. The molecule has 0 aliphatic heterocycles. The van der Waals surface area contributed by atoms with Crippen molar-refractivity contribution in [2.45, 2.75) is 0 Å². The number of halogens is 1. The molecule has 2 rings (SSSR count). The van der Waals surface area contributed by atoms with E-state index in [9.17, 15) is 5.11 Å². The Morgan fingerprint density at radius 3 is 3.11 bits per heavy atom. The van der Waals surface area contributed by atoms with E-state index in [0.717, 1.165) is 0 Å². The van der Waals surface area contributed by atoms with Crippen molar-refractivity contribution < 1.29 is 5.11 Å². The van der Waals surface area contributed by atoms with Gasteiger partial charge < -0.3 is 5.11 Å². The largest absolute Gasteiger partial charge is 0.504 e. The molecule has 1 aromatic carbocycles. The van der Waals surface area contributed by atoms with Gasteiger partial charge in [-0.25, -0.2) is 4.99 Å². The molecule has 2 aromatic rings. The first-order valence-corrected chi connectivity index (χ1v) is 6.81. The van der Waals surface area contributed by atoms with Gasteiger partial charge in [-0.3, -0.25) is 10.3 Å². The second kappa shape index (κ2) is 5.78. The number of aromatic nitrogens is 1. The number of fused-ring (bicyclic) bond motifs is 1. The first-order valence-electron chi connectivity index (χ1n) is 5.21. The Bertz CT molecular complexity index is 696. The molecule has 0 amide bonds. The first kappa shape index (κ1) is 13.5. The Morgan fingerprint density at radius 2 is 2.42 bits per heavy atom. The summed E-state index contributed by atoms with van der Waals surface area (Å²) in [4.78, 5) is 8.23. The summed E-state index contributed by atoms with van der Waals surface area (Å²) in [6, 6.07) is 5.04. The number of phenols is 1. The number of nitriles is 1. The highest BCUT2D eigenvalue weighted by Gasteiger charge is 2.11. The molecule has 0 atom stereocenters. The highest BCUT2D eigenvalue weighted by Crippen LogP contribution is 2.38. The number of nitrogens with one attached hydrogen (secondary N) is 1. The highest BCUT2D eigenvalue weighted by molar-refractivity contribution is 8.13. The van der Waals surface area contributed by atoms with Crippen LogP contribution in [0.4, 0.5) is 5.69 Å². The van der Waals surface area contributed by atoms with Gasteiger partial charge in [-0.15, -0.1) is 0 Å². The summed E-state index contributed by atoms with van der Waals surface area (Å²) < 4.78 is 0. The molecule has 19 heavy (non-hydrogen) atoms. The van der Waals surface area contributed by atoms with Gasteiger partial charge in [0.25, 0.3) is 0 Å². The van der Waals surface area contributed by atoms with Crippen LogP contribution >= 0.6 is 23.4 Å². The number of hydrogen-bond acceptors (Lipinski definition) is 5. The summed E-state index contributed by atoms with van der Waals surface area (Å²) in [5, 5.41) is 22.6. The fourth-order valence-electron chi connectivity index (χ4n) is 1.54. The van der Waals surface area contributed by atoms with Crippen molar-refractivity contribution in [2.24, 2.45) is 4.99 Å². The van der Waals surface area contributed by atoms with E-state index in [-0.39, 0.29) is 11.4 Å². The molecule has 5 nitrogen and oxygen atoms in total. The molecular formula is C12H9ClN4OS. The predicted octanol–water partition coefficient (Wildman–Crippen LogP) is 3.01. The minimum absolute atomic E-state index is 0.0636. The third kappa shape index (κ3) is 2.72. The van der Waals surface area contributed by atoms with Crippen LogP contribution in [0.2, 0.25) is 5.02 Å². The lowest BCUT2D eigenvalue weighted by molar-refractivity contribution is 0.482. The molecule has 0 unspecified atom stereocenters. The van der Waals surface area contributed by atoms with Gasteiger partial charge in [0, 0.05) is 11.6 Å². The number of aromatic hydroxyl groups is 1. The van der Waals surface area contributed by atoms with Crippen LogP contribution in [-0.4, -0.2) is 21.5 Å². The van der Waals surface area contributed by atoms with E-state index in [0.29, 0.717) is 21.1 Å². The van der Waals surface area contributed by atoms with Crippen LogP contribution in [0, 0.1) is 11.5 Å². The van der Waals surface area contributed by atoms with Gasteiger partial charge in [0.1, 0.15) is 11.2 Å². The lowest BCUT2D eigenvalue weighted by atomic mass is 10.2. The van der Waals surface area contributed by atoms with Crippen LogP contribution in [0.3, 0.4) is 0 Å². The lowest BCUT2D eigenvalue weighted by Gasteiger charge is -2.06. The van der Waals surface area contributed by atoms with Crippen molar-refractivity contribution in [2.75, 3.05) is 6.26 Å². The fourth-order valence-corrected chi connectivity index (χ4v) is 2.13. The molecule has 1 aromatic heterocycles.